The summed E-state index contributed by atoms with van der Waals surface area (Å²) in [5, 5.41) is 10.5. The number of rotatable bonds is 6. The van der Waals surface area contributed by atoms with Gasteiger partial charge in [0.2, 0.25) is 0 Å². The van der Waals surface area contributed by atoms with Crippen LogP contribution in [0.3, 0.4) is 0 Å². The summed E-state index contributed by atoms with van der Waals surface area (Å²) in [4.78, 5) is 61.8. The van der Waals surface area contributed by atoms with Crippen LogP contribution < -0.4 is 0 Å². The third-order valence-corrected chi connectivity index (χ3v) is 18.1. The van der Waals surface area contributed by atoms with E-state index in [0.717, 1.165) is 89.0 Å². The van der Waals surface area contributed by atoms with Crippen LogP contribution in [0.4, 0.5) is 0 Å². The van der Waals surface area contributed by atoms with Crippen molar-refractivity contribution in [2.45, 2.75) is 129 Å². The molecule has 12 atom stereocenters. The molecule has 60 heavy (non-hydrogen) atoms. The molecule has 8 nitrogen and oxygen atoms in total. The molecule has 318 valence electrons. The number of benzene rings is 2. The number of aldehydes is 1. The van der Waals surface area contributed by atoms with Gasteiger partial charge in [0.15, 0.2) is 11.6 Å². The Hall–Kier alpha value is -4.17. The molecule has 8 aliphatic rings. The number of hydrogen-bond acceptors (Lipinski definition) is 8. The maximum Gasteiger partial charge on any atom is 0.338 e. The fourth-order valence-corrected chi connectivity index (χ4v) is 15.0. The van der Waals surface area contributed by atoms with Crippen molar-refractivity contribution in [1.29, 1.82) is 0 Å². The van der Waals surface area contributed by atoms with E-state index in [2.05, 4.69) is 13.8 Å². The standard InChI is InChI=1S/C26H32O4.C26H30O4/c2*1-25-13-12-22-20(8-7-18-15-19(28)11-14-26(18,22)16-27)21(25)9-10-23(25)30-24(29)17-5-3-2-4-6-17/h2-6,15,20-23,27H,7-14,16H2,1H3;2-6,15-16,20-23H,7-14H2,1H3/t2*20-,21-,22-,23-,25-,26+/m00/s1. The van der Waals surface area contributed by atoms with Crippen molar-refractivity contribution in [2.75, 3.05) is 6.61 Å². The summed E-state index contributed by atoms with van der Waals surface area (Å²) in [6.07, 6.45) is 19.1. The van der Waals surface area contributed by atoms with Crippen molar-refractivity contribution in [3.63, 3.8) is 0 Å². The highest BCUT2D eigenvalue weighted by Gasteiger charge is 2.63. The Labute approximate surface area is 354 Å². The van der Waals surface area contributed by atoms with E-state index in [9.17, 15) is 29.1 Å². The minimum Gasteiger partial charge on any atom is -0.458 e. The van der Waals surface area contributed by atoms with E-state index in [1.54, 1.807) is 18.2 Å². The predicted molar refractivity (Wildman–Crippen MR) is 227 cm³/mol. The normalized spacial score (nSPS) is 40.0. The van der Waals surface area contributed by atoms with Crippen LogP contribution in [0.15, 0.2) is 84.0 Å². The Kier molecular flexibility index (Phi) is 10.9. The van der Waals surface area contributed by atoms with Gasteiger partial charge in [-0.2, -0.15) is 0 Å². The Bertz CT molecular complexity index is 2070. The summed E-state index contributed by atoms with van der Waals surface area (Å²) in [6, 6.07) is 18.5. The first-order valence-electron chi connectivity index (χ1n) is 23.0. The van der Waals surface area contributed by atoms with Gasteiger partial charge in [-0.25, -0.2) is 9.59 Å². The molecular weight excluding hydrogens is 753 g/mol. The van der Waals surface area contributed by atoms with Crippen LogP contribution in [0, 0.1) is 57.2 Å². The molecule has 6 fully saturated rings. The highest BCUT2D eigenvalue weighted by Crippen LogP contribution is 2.67. The van der Waals surface area contributed by atoms with E-state index in [1.807, 2.05) is 54.6 Å². The molecule has 0 spiro atoms. The highest BCUT2D eigenvalue weighted by molar-refractivity contribution is 5.94. The molecular formula is C52H62O8. The maximum absolute atomic E-state index is 12.7. The smallest absolute Gasteiger partial charge is 0.338 e. The molecule has 10 rings (SSSR count). The zero-order valence-electron chi connectivity index (χ0n) is 35.5. The number of carbonyl (C=O) groups excluding carboxylic acids is 5. The van der Waals surface area contributed by atoms with Crippen molar-refractivity contribution in [2.24, 2.45) is 57.2 Å². The zero-order valence-corrected chi connectivity index (χ0v) is 35.5. The average Bonchev–Trinajstić information content (AvgIpc) is 3.79. The van der Waals surface area contributed by atoms with Crippen LogP contribution in [0.5, 0.6) is 0 Å². The molecule has 0 heterocycles. The van der Waals surface area contributed by atoms with Crippen molar-refractivity contribution >= 4 is 29.8 Å². The fraction of sp³-hybridized carbons (Fsp3) is 0.596. The molecule has 8 heteroatoms. The second kappa shape index (κ2) is 15.9. The van der Waals surface area contributed by atoms with Gasteiger partial charge < -0.3 is 19.4 Å². The molecule has 1 N–H and O–H groups in total. The Morgan fingerprint density at radius 3 is 1.62 bits per heavy atom. The van der Waals surface area contributed by atoms with Gasteiger partial charge in [0.05, 0.1) is 23.1 Å². The molecule has 2 aromatic rings. The monoisotopic (exact) mass is 814 g/mol. The highest BCUT2D eigenvalue weighted by atomic mass is 16.5. The minimum atomic E-state index is -0.434. The van der Waals surface area contributed by atoms with Gasteiger partial charge in [0.25, 0.3) is 0 Å². The minimum absolute atomic E-state index is 0.00789. The van der Waals surface area contributed by atoms with Crippen LogP contribution in [-0.4, -0.2) is 53.7 Å². The summed E-state index contributed by atoms with van der Waals surface area (Å²) in [5.41, 5.74) is 2.87. The van der Waals surface area contributed by atoms with Crippen molar-refractivity contribution < 1.29 is 38.6 Å². The number of fused-ring (bicyclic) bond motifs is 10. The molecule has 0 bridgehead atoms. The van der Waals surface area contributed by atoms with Crippen molar-refractivity contribution in [3.8, 4) is 0 Å². The first-order chi connectivity index (χ1) is 29.0. The predicted octanol–water partition coefficient (Wildman–Crippen LogP) is 9.64. The van der Waals surface area contributed by atoms with E-state index in [-0.39, 0.29) is 58.6 Å². The molecule has 0 amide bonds. The number of hydrogen-bond donors (Lipinski definition) is 1. The quantitative estimate of drug-likeness (QED) is 0.226. The van der Waals surface area contributed by atoms with Crippen LogP contribution >= 0.6 is 0 Å². The van der Waals surface area contributed by atoms with Crippen LogP contribution in [0.25, 0.3) is 0 Å². The number of ether oxygens (including phenoxy) is 2. The molecule has 0 radical (unpaired) electrons. The first-order valence-corrected chi connectivity index (χ1v) is 23.0. The SMILES string of the molecule is C[C@]12CC[C@H]3[C@@H](CCC4=CC(=O)CC[C@@]43C=O)[C@@H]1CC[C@@H]2OC(=O)c1ccccc1.C[C@]12CC[C@H]3[C@@H](CCC4=CC(=O)CC[C@@]43CO)[C@@H]1CC[C@@H]2OC(=O)c1ccccc1. The van der Waals surface area contributed by atoms with E-state index < -0.39 is 5.41 Å². The van der Waals surface area contributed by atoms with E-state index in [0.29, 0.717) is 65.9 Å². The molecule has 0 unspecified atom stereocenters. The molecule has 6 saturated carbocycles. The third kappa shape index (κ3) is 6.69. The second-order valence-corrected chi connectivity index (χ2v) is 20.3. The van der Waals surface area contributed by atoms with Crippen LogP contribution in [-0.2, 0) is 23.9 Å². The van der Waals surface area contributed by atoms with Gasteiger partial charge >= 0.3 is 11.9 Å². The van der Waals surface area contributed by atoms with Crippen molar-refractivity contribution in [3.05, 3.63) is 95.1 Å². The van der Waals surface area contributed by atoms with Gasteiger partial charge in [-0.3, -0.25) is 9.59 Å². The van der Waals surface area contributed by atoms with Crippen molar-refractivity contribution in [1.82, 2.24) is 0 Å². The summed E-state index contributed by atoms with van der Waals surface area (Å²) in [6.45, 7) is 4.78. The molecule has 0 aliphatic heterocycles. The van der Waals surface area contributed by atoms with Gasteiger partial charge in [0.1, 0.15) is 18.5 Å². The topological polar surface area (TPSA) is 124 Å². The fourth-order valence-electron chi connectivity index (χ4n) is 15.0. The molecule has 2 aromatic carbocycles. The van der Waals surface area contributed by atoms with Gasteiger partial charge in [0, 0.05) is 29.1 Å². The number of allylic oxidation sites excluding steroid dienone is 1. The van der Waals surface area contributed by atoms with Crippen LogP contribution in [0.1, 0.15) is 137 Å². The number of ketones is 2. The Balaban J connectivity index is 0.000000154. The molecule has 0 saturated heterocycles. The number of aliphatic hydroxyl groups excluding tert-OH is 1. The van der Waals surface area contributed by atoms with Gasteiger partial charge in [-0.15, -0.1) is 0 Å². The van der Waals surface area contributed by atoms with E-state index in [1.165, 1.54) is 11.9 Å². The lowest BCUT2D eigenvalue weighted by molar-refractivity contribution is -0.130. The van der Waals surface area contributed by atoms with Gasteiger partial charge in [-0.05, 0) is 162 Å². The first kappa shape index (κ1) is 41.2. The molecule has 8 aliphatic carbocycles. The number of esters is 2. The molecule has 0 aromatic heterocycles. The Morgan fingerprint density at radius 1 is 0.600 bits per heavy atom. The van der Waals surface area contributed by atoms with E-state index >= 15 is 0 Å². The Morgan fingerprint density at radius 2 is 1.08 bits per heavy atom. The summed E-state index contributed by atoms with van der Waals surface area (Å²) < 4.78 is 12.1. The average molecular weight is 815 g/mol. The largest absolute Gasteiger partial charge is 0.458 e. The lowest BCUT2D eigenvalue weighted by Gasteiger charge is -2.58. The number of carbonyl (C=O) groups is 5. The summed E-state index contributed by atoms with van der Waals surface area (Å²) in [7, 11) is 0. The van der Waals surface area contributed by atoms with Crippen LogP contribution in [0.2, 0.25) is 0 Å². The summed E-state index contributed by atoms with van der Waals surface area (Å²) >= 11 is 0. The summed E-state index contributed by atoms with van der Waals surface area (Å²) in [5.74, 6) is 2.73. The zero-order chi connectivity index (χ0) is 41.9. The lowest BCUT2D eigenvalue weighted by Crippen LogP contribution is -2.53. The lowest BCUT2D eigenvalue weighted by atomic mass is 9.47. The number of aliphatic hydroxyl groups is 1. The third-order valence-electron chi connectivity index (χ3n) is 18.1. The second-order valence-electron chi connectivity index (χ2n) is 20.3. The van der Waals surface area contributed by atoms with E-state index in [4.69, 9.17) is 9.47 Å². The van der Waals surface area contributed by atoms with Gasteiger partial charge in [-0.1, -0.05) is 61.4 Å². The maximum atomic E-state index is 12.7.